The van der Waals surface area contributed by atoms with Crippen molar-refractivity contribution in [2.75, 3.05) is 19.6 Å². The van der Waals surface area contributed by atoms with Crippen LogP contribution in [0.2, 0.25) is 0 Å². The summed E-state index contributed by atoms with van der Waals surface area (Å²) in [7, 11) is -1.75. The van der Waals surface area contributed by atoms with Crippen LogP contribution in [0.5, 0.6) is 0 Å². The topological polar surface area (TPSA) is 81.2 Å². The molecule has 0 saturated carbocycles. The van der Waals surface area contributed by atoms with Gasteiger partial charge in [0, 0.05) is 20.1 Å². The van der Waals surface area contributed by atoms with Gasteiger partial charge in [-0.25, -0.2) is 8.42 Å². The Hall–Kier alpha value is -0.920. The van der Waals surface area contributed by atoms with E-state index in [4.69, 9.17) is 5.73 Å². The Balaban J connectivity index is 2.16. The molecule has 0 aliphatic carbocycles. The van der Waals surface area contributed by atoms with Crippen molar-refractivity contribution in [3.63, 3.8) is 0 Å². The molecule has 1 atom stereocenters. The monoisotopic (exact) mass is 258 g/mol. The van der Waals surface area contributed by atoms with Gasteiger partial charge in [0.05, 0.1) is 6.20 Å². The molecule has 1 saturated heterocycles. The van der Waals surface area contributed by atoms with Crippen molar-refractivity contribution in [1.82, 2.24) is 14.1 Å². The van der Waals surface area contributed by atoms with Gasteiger partial charge in [0.1, 0.15) is 0 Å². The quantitative estimate of drug-likeness (QED) is 0.809. The van der Waals surface area contributed by atoms with Crippen LogP contribution >= 0.6 is 0 Å². The Bertz CT molecular complexity index is 482. The molecule has 2 rings (SSSR count). The van der Waals surface area contributed by atoms with Gasteiger partial charge in [-0.1, -0.05) is 0 Å². The Morgan fingerprint density at radius 3 is 2.94 bits per heavy atom. The highest BCUT2D eigenvalue weighted by molar-refractivity contribution is 7.89. The van der Waals surface area contributed by atoms with Crippen LogP contribution in [-0.2, 0) is 17.1 Å². The van der Waals surface area contributed by atoms with Gasteiger partial charge in [-0.05, 0) is 31.4 Å². The summed E-state index contributed by atoms with van der Waals surface area (Å²) in [6.07, 6.45) is 3.28. The van der Waals surface area contributed by atoms with Crippen LogP contribution in [0.15, 0.2) is 17.3 Å². The van der Waals surface area contributed by atoms with Gasteiger partial charge in [0.25, 0.3) is 10.0 Å². The van der Waals surface area contributed by atoms with Gasteiger partial charge in [-0.2, -0.15) is 9.40 Å². The minimum Gasteiger partial charge on any atom is -0.330 e. The number of nitrogens with two attached hydrogens (primary N) is 1. The standard InChI is InChI=1S/C10H18N4O2S/c1-13-10(3-6-12-13)17(15,16)14-7-4-9(8-14)2-5-11/h3,6,9H,2,4-5,7-8,11H2,1H3. The molecule has 0 spiro atoms. The Morgan fingerprint density at radius 2 is 2.35 bits per heavy atom. The normalized spacial score (nSPS) is 22.1. The third kappa shape index (κ3) is 2.36. The Labute approximate surface area is 101 Å². The van der Waals surface area contributed by atoms with E-state index >= 15 is 0 Å². The summed E-state index contributed by atoms with van der Waals surface area (Å²) >= 11 is 0. The number of nitrogens with zero attached hydrogens (tertiary/aromatic N) is 3. The van der Waals surface area contributed by atoms with Gasteiger partial charge in [-0.15, -0.1) is 0 Å². The highest BCUT2D eigenvalue weighted by atomic mass is 32.2. The molecule has 6 nitrogen and oxygen atoms in total. The second-order valence-corrected chi connectivity index (χ2v) is 6.27. The van der Waals surface area contributed by atoms with Crippen molar-refractivity contribution in [3.05, 3.63) is 12.3 Å². The first-order valence-electron chi connectivity index (χ1n) is 5.74. The summed E-state index contributed by atoms with van der Waals surface area (Å²) in [5.41, 5.74) is 5.50. The minimum absolute atomic E-state index is 0.255. The summed E-state index contributed by atoms with van der Waals surface area (Å²) in [5, 5.41) is 4.16. The van der Waals surface area contributed by atoms with E-state index in [2.05, 4.69) is 5.10 Å². The predicted molar refractivity (Wildman–Crippen MR) is 63.7 cm³/mol. The van der Waals surface area contributed by atoms with Crippen LogP contribution in [-0.4, -0.2) is 42.1 Å². The fraction of sp³-hybridized carbons (Fsp3) is 0.700. The van der Waals surface area contributed by atoms with E-state index in [0.717, 1.165) is 12.8 Å². The average molecular weight is 258 g/mol. The molecule has 7 heteroatoms. The highest BCUT2D eigenvalue weighted by Crippen LogP contribution is 2.25. The first-order valence-corrected chi connectivity index (χ1v) is 7.18. The third-order valence-corrected chi connectivity index (χ3v) is 5.14. The summed E-state index contributed by atoms with van der Waals surface area (Å²) in [5.74, 6) is 0.392. The van der Waals surface area contributed by atoms with Crippen molar-refractivity contribution in [2.24, 2.45) is 18.7 Å². The van der Waals surface area contributed by atoms with Crippen LogP contribution in [0.25, 0.3) is 0 Å². The number of hydrogen-bond acceptors (Lipinski definition) is 4. The highest BCUT2D eigenvalue weighted by Gasteiger charge is 2.33. The lowest BCUT2D eigenvalue weighted by molar-refractivity contribution is 0.442. The molecule has 0 aromatic carbocycles. The van der Waals surface area contributed by atoms with E-state index < -0.39 is 10.0 Å². The first-order chi connectivity index (χ1) is 8.05. The lowest BCUT2D eigenvalue weighted by Gasteiger charge is -2.16. The van der Waals surface area contributed by atoms with Crippen LogP contribution in [0.4, 0.5) is 0 Å². The van der Waals surface area contributed by atoms with Crippen LogP contribution in [0.3, 0.4) is 0 Å². The Morgan fingerprint density at radius 1 is 1.59 bits per heavy atom. The summed E-state index contributed by atoms with van der Waals surface area (Å²) in [4.78, 5) is 0. The molecule has 1 aromatic rings. The molecular formula is C10H18N4O2S. The van der Waals surface area contributed by atoms with Gasteiger partial charge in [-0.3, -0.25) is 4.68 Å². The van der Waals surface area contributed by atoms with Gasteiger partial charge in [0.15, 0.2) is 5.03 Å². The van der Waals surface area contributed by atoms with Gasteiger partial charge < -0.3 is 5.73 Å². The fourth-order valence-electron chi connectivity index (χ4n) is 2.23. The number of aryl methyl sites for hydroxylation is 1. The van der Waals surface area contributed by atoms with Gasteiger partial charge in [0.2, 0.25) is 0 Å². The molecular weight excluding hydrogens is 240 g/mol. The molecule has 2 N–H and O–H groups in total. The first kappa shape index (κ1) is 12.5. The SMILES string of the molecule is Cn1nccc1S(=O)(=O)N1CCC(CCN)C1. The molecule has 1 unspecified atom stereocenters. The lowest BCUT2D eigenvalue weighted by atomic mass is 10.1. The zero-order chi connectivity index (χ0) is 12.5. The summed E-state index contributed by atoms with van der Waals surface area (Å²) in [6, 6.07) is 1.53. The van der Waals surface area contributed by atoms with Crippen molar-refractivity contribution in [3.8, 4) is 0 Å². The molecule has 0 amide bonds. The van der Waals surface area contributed by atoms with E-state index in [1.807, 2.05) is 0 Å². The second kappa shape index (κ2) is 4.75. The molecule has 0 bridgehead atoms. The molecule has 1 aliphatic heterocycles. The van der Waals surface area contributed by atoms with Crippen molar-refractivity contribution in [2.45, 2.75) is 17.9 Å². The lowest BCUT2D eigenvalue weighted by Crippen LogP contribution is -2.30. The average Bonchev–Trinajstić information content (AvgIpc) is 2.87. The third-order valence-electron chi connectivity index (χ3n) is 3.20. The molecule has 1 aliphatic rings. The maximum atomic E-state index is 12.3. The smallest absolute Gasteiger partial charge is 0.260 e. The van der Waals surface area contributed by atoms with E-state index in [0.29, 0.717) is 25.6 Å². The van der Waals surface area contributed by atoms with Crippen LogP contribution in [0.1, 0.15) is 12.8 Å². The number of aromatic nitrogens is 2. The van der Waals surface area contributed by atoms with E-state index in [1.54, 1.807) is 7.05 Å². The predicted octanol–water partition coefficient (Wildman–Crippen LogP) is -0.220. The van der Waals surface area contributed by atoms with E-state index in [9.17, 15) is 8.42 Å². The van der Waals surface area contributed by atoms with Crippen molar-refractivity contribution >= 4 is 10.0 Å². The maximum absolute atomic E-state index is 12.3. The van der Waals surface area contributed by atoms with E-state index in [-0.39, 0.29) is 5.03 Å². The summed E-state index contributed by atoms with van der Waals surface area (Å²) in [6.45, 7) is 1.77. The zero-order valence-electron chi connectivity index (χ0n) is 9.91. The maximum Gasteiger partial charge on any atom is 0.260 e. The van der Waals surface area contributed by atoms with Gasteiger partial charge >= 0.3 is 0 Å². The Kier molecular flexibility index (Phi) is 3.50. The number of rotatable bonds is 4. The fourth-order valence-corrected chi connectivity index (χ4v) is 3.87. The molecule has 1 fully saturated rings. The molecule has 96 valence electrons. The minimum atomic E-state index is -3.38. The zero-order valence-corrected chi connectivity index (χ0v) is 10.7. The number of hydrogen-bond donors (Lipinski definition) is 1. The van der Waals surface area contributed by atoms with Crippen LogP contribution < -0.4 is 5.73 Å². The molecule has 0 radical (unpaired) electrons. The molecule has 17 heavy (non-hydrogen) atoms. The number of sulfonamides is 1. The van der Waals surface area contributed by atoms with Crippen LogP contribution in [0, 0.1) is 5.92 Å². The van der Waals surface area contributed by atoms with Crippen molar-refractivity contribution < 1.29 is 8.42 Å². The van der Waals surface area contributed by atoms with Crippen molar-refractivity contribution in [1.29, 1.82) is 0 Å². The largest absolute Gasteiger partial charge is 0.330 e. The molecule has 2 heterocycles. The summed E-state index contributed by atoms with van der Waals surface area (Å²) < 4.78 is 27.5. The molecule has 1 aromatic heterocycles. The second-order valence-electron chi connectivity index (χ2n) is 4.39. The van der Waals surface area contributed by atoms with E-state index in [1.165, 1.54) is 21.3 Å².